The summed E-state index contributed by atoms with van der Waals surface area (Å²) in [4.78, 5) is 25.3. The van der Waals surface area contributed by atoms with E-state index in [4.69, 9.17) is 10.5 Å². The second-order valence-corrected chi connectivity index (χ2v) is 9.21. The topological polar surface area (TPSA) is 127 Å². The number of amides is 2. The molecule has 0 radical (unpaired) electrons. The number of nitrogens with zero attached hydrogens (tertiary/aromatic N) is 1. The molecule has 3 N–H and O–H groups in total. The zero-order valence-corrected chi connectivity index (χ0v) is 18.3. The van der Waals surface area contributed by atoms with Crippen LogP contribution >= 0.6 is 0 Å². The molecule has 0 aliphatic carbocycles. The van der Waals surface area contributed by atoms with Crippen molar-refractivity contribution in [3.8, 4) is 5.75 Å². The number of hydrogen-bond acceptors (Lipinski definition) is 6. The van der Waals surface area contributed by atoms with Gasteiger partial charge in [-0.1, -0.05) is 30.3 Å². The van der Waals surface area contributed by atoms with E-state index in [0.29, 0.717) is 11.3 Å². The first-order valence-electron chi connectivity index (χ1n) is 9.86. The van der Waals surface area contributed by atoms with Crippen LogP contribution in [0.5, 0.6) is 5.75 Å². The van der Waals surface area contributed by atoms with Crippen LogP contribution in [-0.2, 0) is 14.6 Å². The fraction of sp³-hybridized carbons (Fsp3) is 0.0833. The summed E-state index contributed by atoms with van der Waals surface area (Å²) >= 11 is 0. The number of methoxy groups -OCH3 is 1. The fourth-order valence-corrected chi connectivity index (χ4v) is 5.37. The van der Waals surface area contributed by atoms with Crippen LogP contribution in [0, 0.1) is 0 Å². The van der Waals surface area contributed by atoms with Gasteiger partial charge in [-0.2, -0.15) is 0 Å². The molecule has 168 valence electrons. The van der Waals surface area contributed by atoms with Crippen molar-refractivity contribution in [3.63, 3.8) is 0 Å². The van der Waals surface area contributed by atoms with Crippen LogP contribution in [0.25, 0.3) is 0 Å². The molecule has 1 heterocycles. The molecule has 0 saturated carbocycles. The van der Waals surface area contributed by atoms with Crippen LogP contribution in [0.1, 0.15) is 22.0 Å². The molecule has 1 atom stereocenters. The maximum atomic E-state index is 13.5. The molecule has 0 fully saturated rings. The van der Waals surface area contributed by atoms with Gasteiger partial charge in [0.2, 0.25) is 15.7 Å². The van der Waals surface area contributed by atoms with Crippen LogP contribution in [0.3, 0.4) is 0 Å². The van der Waals surface area contributed by atoms with Gasteiger partial charge in [-0.3, -0.25) is 14.5 Å². The summed E-state index contributed by atoms with van der Waals surface area (Å²) in [5.74, 6) is -1.84. The van der Waals surface area contributed by atoms with E-state index in [-0.39, 0.29) is 16.1 Å². The third kappa shape index (κ3) is 3.83. The molecule has 4 rings (SSSR count). The molecule has 0 spiro atoms. The summed E-state index contributed by atoms with van der Waals surface area (Å²) in [7, 11) is -2.74. The quantitative estimate of drug-likeness (QED) is 0.577. The van der Waals surface area contributed by atoms with E-state index in [1.807, 2.05) is 0 Å². The predicted molar refractivity (Wildman–Crippen MR) is 121 cm³/mol. The predicted octanol–water partition coefficient (Wildman–Crippen LogP) is 3.13. The number of benzene rings is 3. The van der Waals surface area contributed by atoms with E-state index in [0.717, 1.165) is 0 Å². The fourth-order valence-electron chi connectivity index (χ4n) is 3.72. The van der Waals surface area contributed by atoms with Crippen molar-refractivity contribution in [2.45, 2.75) is 10.9 Å². The number of rotatable bonds is 6. The van der Waals surface area contributed by atoms with E-state index in [1.54, 1.807) is 42.5 Å². The molecule has 0 aromatic heterocycles. The Hall–Kier alpha value is -4.11. The second-order valence-electron chi connectivity index (χ2n) is 7.29. The first-order chi connectivity index (χ1) is 15.8. The highest BCUT2D eigenvalue weighted by Crippen LogP contribution is 2.45. The second kappa shape index (κ2) is 8.44. The molecule has 1 aliphatic heterocycles. The van der Waals surface area contributed by atoms with Crippen molar-refractivity contribution in [2.75, 3.05) is 12.0 Å². The van der Waals surface area contributed by atoms with Crippen molar-refractivity contribution < 1.29 is 27.9 Å². The number of hydrogen-bond donors (Lipinski definition) is 2. The van der Waals surface area contributed by atoms with Gasteiger partial charge in [0, 0.05) is 11.3 Å². The number of ether oxygens (including phenoxy) is 1. The molecule has 3 aromatic carbocycles. The van der Waals surface area contributed by atoms with Gasteiger partial charge in [0.05, 0.1) is 12.0 Å². The lowest BCUT2D eigenvalue weighted by Crippen LogP contribution is -2.31. The minimum absolute atomic E-state index is 0.0520. The molecule has 8 nitrogen and oxygen atoms in total. The van der Waals surface area contributed by atoms with Gasteiger partial charge in [-0.15, -0.1) is 0 Å². The van der Waals surface area contributed by atoms with Crippen molar-refractivity contribution >= 4 is 27.3 Å². The van der Waals surface area contributed by atoms with E-state index in [2.05, 4.69) is 0 Å². The maximum absolute atomic E-state index is 13.5. The zero-order valence-electron chi connectivity index (χ0n) is 17.5. The Labute approximate surface area is 190 Å². The maximum Gasteiger partial charge on any atom is 0.295 e. The van der Waals surface area contributed by atoms with Gasteiger partial charge in [0.1, 0.15) is 16.7 Å². The van der Waals surface area contributed by atoms with Gasteiger partial charge in [0.25, 0.3) is 5.91 Å². The third-order valence-corrected chi connectivity index (χ3v) is 7.25. The number of sulfone groups is 1. The molecule has 0 saturated heterocycles. The Morgan fingerprint density at radius 3 is 2.12 bits per heavy atom. The minimum atomic E-state index is -4.23. The van der Waals surface area contributed by atoms with E-state index < -0.39 is 38.4 Å². The summed E-state index contributed by atoms with van der Waals surface area (Å²) in [6.07, 6.45) is 0. The molecule has 2 amide bonds. The Morgan fingerprint density at radius 1 is 0.970 bits per heavy atom. The SMILES string of the molecule is COc1ccc([C@@H]2C(S(=O)(=O)c3ccccc3)=C(O)C(=O)N2c2ccc(C(N)=O)cc2)cc1. The number of carbonyl (C=O) groups is 2. The lowest BCUT2D eigenvalue weighted by Gasteiger charge is -2.27. The third-order valence-electron chi connectivity index (χ3n) is 5.37. The zero-order chi connectivity index (χ0) is 23.8. The number of anilines is 1. The minimum Gasteiger partial charge on any atom is -0.502 e. The number of aliphatic hydroxyl groups is 1. The number of nitrogens with two attached hydrogens (primary N) is 1. The molecular formula is C24H20N2O6S. The van der Waals surface area contributed by atoms with Gasteiger partial charge < -0.3 is 15.6 Å². The Kier molecular flexibility index (Phi) is 5.65. The average Bonchev–Trinajstić information content (AvgIpc) is 3.10. The highest BCUT2D eigenvalue weighted by molar-refractivity contribution is 7.95. The molecule has 9 heteroatoms. The smallest absolute Gasteiger partial charge is 0.295 e. The van der Waals surface area contributed by atoms with Crippen LogP contribution in [0.2, 0.25) is 0 Å². The highest BCUT2D eigenvalue weighted by atomic mass is 32.2. The van der Waals surface area contributed by atoms with Crippen molar-refractivity contribution in [1.29, 1.82) is 0 Å². The summed E-state index contributed by atoms with van der Waals surface area (Å²) < 4.78 is 32.3. The number of carbonyl (C=O) groups excluding carboxylic acids is 2. The molecule has 1 aliphatic rings. The summed E-state index contributed by atoms with van der Waals surface area (Å²) in [5, 5.41) is 10.8. The standard InChI is InChI=1S/C24H20N2O6S/c1-32-18-13-9-15(10-14-18)20-22(33(30,31)19-5-3-2-4-6-19)21(27)24(29)26(20)17-11-7-16(8-12-17)23(25)28/h2-14,20,27H,1H3,(H2,25,28)/t20-/m1/s1. The molecular weight excluding hydrogens is 444 g/mol. The first kappa shape index (κ1) is 22.1. The average molecular weight is 464 g/mol. The molecule has 0 unspecified atom stereocenters. The van der Waals surface area contributed by atoms with Gasteiger partial charge in [0.15, 0.2) is 5.76 Å². The summed E-state index contributed by atoms with van der Waals surface area (Å²) in [6.45, 7) is 0. The first-order valence-corrected chi connectivity index (χ1v) is 11.3. The lowest BCUT2D eigenvalue weighted by molar-refractivity contribution is -0.117. The number of aliphatic hydroxyl groups excluding tert-OH is 1. The van der Waals surface area contributed by atoms with E-state index in [9.17, 15) is 23.1 Å². The summed E-state index contributed by atoms with van der Waals surface area (Å²) in [5.41, 5.74) is 6.25. The number of primary amides is 1. The monoisotopic (exact) mass is 464 g/mol. The Bertz CT molecular complexity index is 1350. The van der Waals surface area contributed by atoms with Crippen LogP contribution in [0.15, 0.2) is 94.4 Å². The van der Waals surface area contributed by atoms with Gasteiger partial charge in [-0.05, 0) is 54.1 Å². The van der Waals surface area contributed by atoms with Crippen LogP contribution in [0.4, 0.5) is 5.69 Å². The van der Waals surface area contributed by atoms with Crippen molar-refractivity contribution in [2.24, 2.45) is 5.73 Å². The largest absolute Gasteiger partial charge is 0.502 e. The van der Waals surface area contributed by atoms with E-state index in [1.165, 1.54) is 48.4 Å². The van der Waals surface area contributed by atoms with Crippen LogP contribution in [-0.4, -0.2) is 32.4 Å². The van der Waals surface area contributed by atoms with Crippen LogP contribution < -0.4 is 15.4 Å². The summed E-state index contributed by atoms with van der Waals surface area (Å²) in [6, 6.07) is 18.8. The molecule has 0 bridgehead atoms. The highest BCUT2D eigenvalue weighted by Gasteiger charge is 2.47. The van der Waals surface area contributed by atoms with Gasteiger partial charge >= 0.3 is 0 Å². The molecule has 33 heavy (non-hydrogen) atoms. The Balaban J connectivity index is 1.91. The van der Waals surface area contributed by atoms with Crippen molar-refractivity contribution in [1.82, 2.24) is 0 Å². The van der Waals surface area contributed by atoms with Crippen molar-refractivity contribution in [3.05, 3.63) is 101 Å². The normalized spacial score (nSPS) is 16.2. The van der Waals surface area contributed by atoms with E-state index >= 15 is 0 Å². The Morgan fingerprint density at radius 2 is 1.58 bits per heavy atom. The molecule has 3 aromatic rings. The lowest BCUT2D eigenvalue weighted by atomic mass is 10.1. The van der Waals surface area contributed by atoms with Gasteiger partial charge in [-0.25, -0.2) is 8.42 Å².